The Labute approximate surface area is 83.0 Å². The van der Waals surface area contributed by atoms with Gasteiger partial charge >= 0.3 is 0 Å². The molecule has 0 aliphatic carbocycles. The maximum Gasteiger partial charge on any atom is 0.132 e. The van der Waals surface area contributed by atoms with E-state index < -0.39 is 0 Å². The lowest BCUT2D eigenvalue weighted by molar-refractivity contribution is -0.110. The van der Waals surface area contributed by atoms with Gasteiger partial charge in [0, 0.05) is 30.8 Å². The zero-order valence-corrected chi connectivity index (χ0v) is 8.18. The summed E-state index contributed by atoms with van der Waals surface area (Å²) in [7, 11) is 0. The number of nitrogens with zero attached hydrogens (tertiary/aromatic N) is 3. The molecule has 0 unspecified atom stereocenters. The molecule has 2 rings (SSSR count). The summed E-state index contributed by atoms with van der Waals surface area (Å²) in [6.07, 6.45) is 3.54. The molecule has 1 aliphatic heterocycles. The molecule has 74 valence electrons. The first kappa shape index (κ1) is 9.12. The molecular formula is C10H13N3O. The Kier molecular flexibility index (Phi) is 2.43. The van der Waals surface area contributed by atoms with Crippen LogP contribution >= 0.6 is 0 Å². The van der Waals surface area contributed by atoms with Gasteiger partial charge in [-0.2, -0.15) is 0 Å². The van der Waals surface area contributed by atoms with E-state index in [-0.39, 0.29) is 5.92 Å². The molecule has 14 heavy (non-hydrogen) atoms. The molecule has 1 aromatic heterocycles. The number of aldehydes is 1. The molecule has 0 radical (unpaired) electrons. The summed E-state index contributed by atoms with van der Waals surface area (Å²) in [6.45, 7) is 3.65. The van der Waals surface area contributed by atoms with Gasteiger partial charge in [-0.3, -0.25) is 0 Å². The number of carbonyl (C=O) groups excluding carboxylic acids is 1. The first-order valence-electron chi connectivity index (χ1n) is 4.78. The van der Waals surface area contributed by atoms with Crippen LogP contribution in [0.1, 0.15) is 12.1 Å². The minimum Gasteiger partial charge on any atom is -0.356 e. The fraction of sp³-hybridized carbons (Fsp3) is 0.500. The molecule has 0 bridgehead atoms. The summed E-state index contributed by atoms with van der Waals surface area (Å²) < 4.78 is 0. The summed E-state index contributed by atoms with van der Waals surface area (Å²) in [4.78, 5) is 21.0. The van der Waals surface area contributed by atoms with Crippen LogP contribution in [-0.4, -0.2) is 29.3 Å². The lowest BCUT2D eigenvalue weighted by atomic mass is 10.1. The summed E-state index contributed by atoms with van der Waals surface area (Å²) in [6, 6.07) is 1.95. The third kappa shape index (κ3) is 1.73. The van der Waals surface area contributed by atoms with Crippen LogP contribution in [0.3, 0.4) is 0 Å². The van der Waals surface area contributed by atoms with E-state index in [0.29, 0.717) is 0 Å². The van der Waals surface area contributed by atoms with Gasteiger partial charge in [-0.05, 0) is 13.3 Å². The van der Waals surface area contributed by atoms with E-state index in [2.05, 4.69) is 14.9 Å². The molecular weight excluding hydrogens is 178 g/mol. The van der Waals surface area contributed by atoms with E-state index in [0.717, 1.165) is 37.3 Å². The maximum absolute atomic E-state index is 10.6. The van der Waals surface area contributed by atoms with Crippen LogP contribution < -0.4 is 4.90 Å². The van der Waals surface area contributed by atoms with E-state index >= 15 is 0 Å². The number of anilines is 1. The number of hydrogen-bond donors (Lipinski definition) is 0. The van der Waals surface area contributed by atoms with Crippen molar-refractivity contribution in [1.29, 1.82) is 0 Å². The first-order chi connectivity index (χ1) is 6.79. The number of aryl methyl sites for hydroxylation is 1. The third-order valence-corrected chi connectivity index (χ3v) is 2.53. The van der Waals surface area contributed by atoms with Crippen molar-refractivity contribution < 1.29 is 4.79 Å². The van der Waals surface area contributed by atoms with Gasteiger partial charge in [-0.15, -0.1) is 0 Å². The molecule has 0 spiro atoms. The number of hydrogen-bond acceptors (Lipinski definition) is 4. The summed E-state index contributed by atoms with van der Waals surface area (Å²) in [5.41, 5.74) is 0.963. The van der Waals surface area contributed by atoms with Gasteiger partial charge in [0.05, 0.1) is 0 Å². The smallest absolute Gasteiger partial charge is 0.132 e. The second kappa shape index (κ2) is 3.74. The van der Waals surface area contributed by atoms with Crippen molar-refractivity contribution in [3.8, 4) is 0 Å². The van der Waals surface area contributed by atoms with Crippen molar-refractivity contribution in [2.75, 3.05) is 18.0 Å². The summed E-state index contributed by atoms with van der Waals surface area (Å²) in [5.74, 6) is 1.10. The molecule has 2 heterocycles. The van der Waals surface area contributed by atoms with Gasteiger partial charge in [0.1, 0.15) is 18.4 Å². The predicted molar refractivity (Wildman–Crippen MR) is 53.2 cm³/mol. The molecule has 4 nitrogen and oxygen atoms in total. The maximum atomic E-state index is 10.6. The lowest BCUT2D eigenvalue weighted by Gasteiger charge is -2.16. The normalized spacial score (nSPS) is 21.2. The van der Waals surface area contributed by atoms with Gasteiger partial charge in [-0.1, -0.05) is 0 Å². The van der Waals surface area contributed by atoms with E-state index in [9.17, 15) is 4.79 Å². The third-order valence-electron chi connectivity index (χ3n) is 2.53. The molecule has 0 saturated carbocycles. The highest BCUT2D eigenvalue weighted by Gasteiger charge is 2.22. The molecule has 0 aromatic carbocycles. The Morgan fingerprint density at radius 1 is 1.57 bits per heavy atom. The van der Waals surface area contributed by atoms with Crippen LogP contribution in [0.25, 0.3) is 0 Å². The minimum atomic E-state index is 0.172. The van der Waals surface area contributed by atoms with Crippen molar-refractivity contribution in [1.82, 2.24) is 9.97 Å². The molecule has 4 heteroatoms. The Morgan fingerprint density at radius 2 is 2.43 bits per heavy atom. The Hall–Kier alpha value is -1.45. The topological polar surface area (TPSA) is 46.1 Å². The fourth-order valence-corrected chi connectivity index (χ4v) is 1.72. The number of carbonyl (C=O) groups is 1. The van der Waals surface area contributed by atoms with Crippen LogP contribution in [0.5, 0.6) is 0 Å². The van der Waals surface area contributed by atoms with Crippen LogP contribution in [0.2, 0.25) is 0 Å². The highest BCUT2D eigenvalue weighted by atomic mass is 16.1. The second-order valence-corrected chi connectivity index (χ2v) is 3.65. The highest BCUT2D eigenvalue weighted by molar-refractivity contribution is 5.57. The summed E-state index contributed by atoms with van der Waals surface area (Å²) in [5, 5.41) is 0. The van der Waals surface area contributed by atoms with Crippen LogP contribution in [-0.2, 0) is 4.79 Å². The van der Waals surface area contributed by atoms with E-state index in [1.54, 1.807) is 6.33 Å². The average molecular weight is 191 g/mol. The van der Waals surface area contributed by atoms with Crippen molar-refractivity contribution in [2.45, 2.75) is 13.3 Å². The highest BCUT2D eigenvalue weighted by Crippen LogP contribution is 2.20. The van der Waals surface area contributed by atoms with Gasteiger partial charge < -0.3 is 9.69 Å². The molecule has 0 N–H and O–H groups in total. The number of aromatic nitrogens is 2. The van der Waals surface area contributed by atoms with Crippen LogP contribution in [0.4, 0.5) is 5.82 Å². The van der Waals surface area contributed by atoms with Crippen molar-refractivity contribution >= 4 is 12.1 Å². The molecule has 1 atom stereocenters. The molecule has 1 aliphatic rings. The van der Waals surface area contributed by atoms with Crippen molar-refractivity contribution in [3.05, 3.63) is 18.1 Å². The SMILES string of the molecule is Cc1cc(N2CC[C@@H](C=O)C2)ncn1. The van der Waals surface area contributed by atoms with Crippen molar-refractivity contribution in [2.24, 2.45) is 5.92 Å². The predicted octanol–water partition coefficient (Wildman–Crippen LogP) is 0.810. The number of rotatable bonds is 2. The monoisotopic (exact) mass is 191 g/mol. The Morgan fingerprint density at radius 3 is 3.07 bits per heavy atom. The quantitative estimate of drug-likeness (QED) is 0.649. The summed E-state index contributed by atoms with van der Waals surface area (Å²) >= 11 is 0. The first-order valence-corrected chi connectivity index (χ1v) is 4.78. The zero-order chi connectivity index (χ0) is 9.97. The van der Waals surface area contributed by atoms with Crippen molar-refractivity contribution in [3.63, 3.8) is 0 Å². The Bertz CT molecular complexity index is 340. The largest absolute Gasteiger partial charge is 0.356 e. The fourth-order valence-electron chi connectivity index (χ4n) is 1.72. The minimum absolute atomic E-state index is 0.172. The van der Waals surface area contributed by atoms with E-state index in [1.165, 1.54) is 0 Å². The average Bonchev–Trinajstić information content (AvgIpc) is 2.66. The lowest BCUT2D eigenvalue weighted by Crippen LogP contribution is -2.21. The van der Waals surface area contributed by atoms with Crippen LogP contribution in [0, 0.1) is 12.8 Å². The van der Waals surface area contributed by atoms with Gasteiger partial charge in [0.25, 0.3) is 0 Å². The molecule has 1 saturated heterocycles. The standard InChI is InChI=1S/C10H13N3O/c1-8-4-10(12-7-11-8)13-3-2-9(5-13)6-14/h4,6-7,9H,2-3,5H2,1H3/t9-/m1/s1. The Balaban J connectivity index is 2.13. The van der Waals surface area contributed by atoms with Gasteiger partial charge in [0.2, 0.25) is 0 Å². The van der Waals surface area contributed by atoms with E-state index in [4.69, 9.17) is 0 Å². The van der Waals surface area contributed by atoms with Gasteiger partial charge in [-0.25, -0.2) is 9.97 Å². The van der Waals surface area contributed by atoms with E-state index in [1.807, 2.05) is 13.0 Å². The molecule has 1 aromatic rings. The molecule has 1 fully saturated rings. The molecule has 0 amide bonds. The zero-order valence-electron chi connectivity index (χ0n) is 8.18. The van der Waals surface area contributed by atoms with Gasteiger partial charge in [0.15, 0.2) is 0 Å². The van der Waals surface area contributed by atoms with Crippen LogP contribution in [0.15, 0.2) is 12.4 Å². The second-order valence-electron chi connectivity index (χ2n) is 3.65.